The molecule has 0 saturated carbocycles. The normalized spacial score (nSPS) is 12.7. The number of aliphatic hydroxyl groups excluding tert-OH is 1. The number of hydrogen-bond acceptors (Lipinski definition) is 2. The Hall–Kier alpha value is 0.310. The fourth-order valence-corrected chi connectivity index (χ4v) is 0.999. The molecule has 0 aromatic heterocycles. The molecule has 0 aliphatic heterocycles. The van der Waals surface area contributed by atoms with Gasteiger partial charge in [-0.2, -0.15) is 0 Å². The summed E-state index contributed by atoms with van der Waals surface area (Å²) < 4.78 is 0.217. The van der Waals surface area contributed by atoms with Crippen molar-refractivity contribution in [2.45, 2.75) is 32.4 Å². The monoisotopic (exact) mass is 148 g/mol. The van der Waals surface area contributed by atoms with Crippen LogP contribution >= 0.6 is 11.8 Å². The summed E-state index contributed by atoms with van der Waals surface area (Å²) in [5, 5.41) is 8.61. The van der Waals surface area contributed by atoms with Gasteiger partial charge in [0.05, 0.1) is 5.94 Å². The fourth-order valence-electron chi connectivity index (χ4n) is 0.333. The van der Waals surface area contributed by atoms with Crippen LogP contribution in [-0.2, 0) is 0 Å². The van der Waals surface area contributed by atoms with E-state index in [1.54, 1.807) is 11.8 Å². The molecule has 0 rings (SSSR count). The lowest BCUT2D eigenvalue weighted by Crippen LogP contribution is -2.22. The van der Waals surface area contributed by atoms with Crippen LogP contribution in [-0.4, -0.2) is 15.8 Å². The van der Waals surface area contributed by atoms with Crippen LogP contribution in [0.15, 0.2) is 0 Å². The lowest BCUT2D eigenvalue weighted by Gasteiger charge is -2.27. The molecule has 0 aromatic carbocycles. The van der Waals surface area contributed by atoms with Gasteiger partial charge in [0, 0.05) is 4.75 Å². The van der Waals surface area contributed by atoms with Crippen LogP contribution in [0.3, 0.4) is 0 Å². The predicted octanol–water partition coefficient (Wildman–Crippen LogP) is 2.10. The molecule has 0 heterocycles. The van der Waals surface area contributed by atoms with Crippen molar-refractivity contribution in [2.75, 3.05) is 5.94 Å². The van der Waals surface area contributed by atoms with Crippen molar-refractivity contribution in [2.24, 2.45) is 5.92 Å². The summed E-state index contributed by atoms with van der Waals surface area (Å²) in [6, 6.07) is 0. The van der Waals surface area contributed by atoms with Crippen LogP contribution in [0, 0.1) is 5.92 Å². The van der Waals surface area contributed by atoms with Gasteiger partial charge in [-0.1, -0.05) is 27.7 Å². The average Bonchev–Trinajstić information content (AvgIpc) is 1.65. The van der Waals surface area contributed by atoms with Crippen LogP contribution in [0.1, 0.15) is 27.7 Å². The Morgan fingerprint density at radius 1 is 1.44 bits per heavy atom. The van der Waals surface area contributed by atoms with E-state index >= 15 is 0 Å². The molecule has 56 valence electrons. The minimum atomic E-state index is 0.217. The second-order valence-electron chi connectivity index (χ2n) is 3.03. The summed E-state index contributed by atoms with van der Waals surface area (Å²) in [7, 11) is 0. The van der Waals surface area contributed by atoms with Gasteiger partial charge >= 0.3 is 0 Å². The number of thioether (sulfide) groups is 1. The van der Waals surface area contributed by atoms with E-state index in [0.717, 1.165) is 0 Å². The van der Waals surface area contributed by atoms with Crippen molar-refractivity contribution in [3.05, 3.63) is 0 Å². The number of rotatable bonds is 3. The zero-order valence-electron chi connectivity index (χ0n) is 6.64. The maximum Gasteiger partial charge on any atom is 0.0891 e. The van der Waals surface area contributed by atoms with Crippen molar-refractivity contribution in [3.8, 4) is 0 Å². The van der Waals surface area contributed by atoms with Gasteiger partial charge in [0.15, 0.2) is 0 Å². The standard InChI is InChI=1S/C7H16OS/c1-6(2)7(3,4)9-5-8/h6,8H,5H2,1-4H3. The lowest BCUT2D eigenvalue weighted by atomic mass is 10.00. The lowest BCUT2D eigenvalue weighted by molar-refractivity contribution is 0.369. The van der Waals surface area contributed by atoms with Gasteiger partial charge in [0.2, 0.25) is 0 Å². The summed E-state index contributed by atoms with van der Waals surface area (Å²) in [4.78, 5) is 0. The Morgan fingerprint density at radius 2 is 1.89 bits per heavy atom. The zero-order chi connectivity index (χ0) is 7.49. The van der Waals surface area contributed by atoms with Gasteiger partial charge in [-0.15, -0.1) is 11.8 Å². The second kappa shape index (κ2) is 3.47. The van der Waals surface area contributed by atoms with Gasteiger partial charge in [-0.3, -0.25) is 0 Å². The number of hydrogen-bond donors (Lipinski definition) is 1. The Bertz CT molecular complexity index is 79.0. The minimum absolute atomic E-state index is 0.217. The molecular formula is C7H16OS. The Kier molecular flexibility index (Phi) is 3.59. The third kappa shape index (κ3) is 3.11. The van der Waals surface area contributed by atoms with Crippen molar-refractivity contribution in [1.82, 2.24) is 0 Å². The summed E-state index contributed by atoms with van der Waals surface area (Å²) in [5.74, 6) is 0.847. The van der Waals surface area contributed by atoms with Gasteiger partial charge in [0.25, 0.3) is 0 Å². The van der Waals surface area contributed by atoms with Crippen LogP contribution in [0.2, 0.25) is 0 Å². The maximum atomic E-state index is 8.61. The van der Waals surface area contributed by atoms with Crippen molar-refractivity contribution in [3.63, 3.8) is 0 Å². The van der Waals surface area contributed by atoms with E-state index in [4.69, 9.17) is 5.11 Å². The molecule has 9 heavy (non-hydrogen) atoms. The molecule has 0 amide bonds. The summed E-state index contributed by atoms with van der Waals surface area (Å²) in [5.41, 5.74) is 0. The van der Waals surface area contributed by atoms with E-state index in [2.05, 4.69) is 27.7 Å². The zero-order valence-corrected chi connectivity index (χ0v) is 7.46. The van der Waals surface area contributed by atoms with Crippen molar-refractivity contribution < 1.29 is 5.11 Å². The molecule has 0 atom stereocenters. The Morgan fingerprint density at radius 3 is 2.00 bits per heavy atom. The smallest absolute Gasteiger partial charge is 0.0891 e. The number of aliphatic hydroxyl groups is 1. The Balaban J connectivity index is 3.70. The molecule has 0 radical (unpaired) electrons. The highest BCUT2D eigenvalue weighted by Crippen LogP contribution is 2.30. The first-order valence-electron chi connectivity index (χ1n) is 3.25. The first kappa shape index (κ1) is 9.31. The summed E-state index contributed by atoms with van der Waals surface area (Å²) in [6.07, 6.45) is 0. The van der Waals surface area contributed by atoms with Crippen LogP contribution in [0.4, 0.5) is 0 Å². The molecule has 0 aromatic rings. The molecule has 1 nitrogen and oxygen atoms in total. The average molecular weight is 148 g/mol. The third-order valence-electron chi connectivity index (χ3n) is 1.83. The second-order valence-corrected chi connectivity index (χ2v) is 4.63. The SMILES string of the molecule is CC(C)C(C)(C)SCO. The van der Waals surface area contributed by atoms with Gasteiger partial charge < -0.3 is 5.11 Å². The molecule has 0 fully saturated rings. The highest BCUT2D eigenvalue weighted by atomic mass is 32.2. The molecular weight excluding hydrogens is 132 g/mol. The van der Waals surface area contributed by atoms with Crippen LogP contribution in [0.5, 0.6) is 0 Å². The largest absolute Gasteiger partial charge is 0.386 e. The van der Waals surface area contributed by atoms with Crippen molar-refractivity contribution in [1.29, 1.82) is 0 Å². The van der Waals surface area contributed by atoms with Crippen molar-refractivity contribution >= 4 is 11.8 Å². The van der Waals surface area contributed by atoms with Gasteiger partial charge in [0.1, 0.15) is 0 Å². The molecule has 2 heteroatoms. The van der Waals surface area contributed by atoms with Gasteiger partial charge in [-0.25, -0.2) is 0 Å². The van der Waals surface area contributed by atoms with Gasteiger partial charge in [-0.05, 0) is 5.92 Å². The fraction of sp³-hybridized carbons (Fsp3) is 1.00. The van der Waals surface area contributed by atoms with E-state index in [1.807, 2.05) is 0 Å². The Labute approximate surface area is 61.8 Å². The molecule has 1 N–H and O–H groups in total. The predicted molar refractivity (Wildman–Crippen MR) is 43.6 cm³/mol. The highest BCUT2D eigenvalue weighted by molar-refractivity contribution is 8.00. The molecule has 0 unspecified atom stereocenters. The molecule has 0 aliphatic carbocycles. The van der Waals surface area contributed by atoms with Crippen LogP contribution < -0.4 is 0 Å². The molecule has 0 bridgehead atoms. The molecule has 0 aliphatic rings. The topological polar surface area (TPSA) is 20.2 Å². The summed E-state index contributed by atoms with van der Waals surface area (Å²) in [6.45, 7) is 8.64. The highest BCUT2D eigenvalue weighted by Gasteiger charge is 2.21. The minimum Gasteiger partial charge on any atom is -0.386 e. The van der Waals surface area contributed by atoms with E-state index in [0.29, 0.717) is 5.92 Å². The first-order chi connectivity index (χ1) is 4.00. The maximum absolute atomic E-state index is 8.61. The molecule has 0 saturated heterocycles. The quantitative estimate of drug-likeness (QED) is 0.618. The first-order valence-corrected chi connectivity index (χ1v) is 4.24. The van der Waals surface area contributed by atoms with E-state index < -0.39 is 0 Å². The van der Waals surface area contributed by atoms with Crippen LogP contribution in [0.25, 0.3) is 0 Å². The van der Waals surface area contributed by atoms with E-state index in [1.165, 1.54) is 0 Å². The van der Waals surface area contributed by atoms with E-state index in [9.17, 15) is 0 Å². The van der Waals surface area contributed by atoms with E-state index in [-0.39, 0.29) is 10.7 Å². The third-order valence-corrected chi connectivity index (χ3v) is 3.17. The molecule has 0 spiro atoms. The summed E-state index contributed by atoms with van der Waals surface area (Å²) >= 11 is 1.60.